The van der Waals surface area contributed by atoms with Crippen LogP contribution in [0.15, 0.2) is 0 Å². The van der Waals surface area contributed by atoms with Crippen molar-refractivity contribution in [2.75, 3.05) is 13.1 Å². The summed E-state index contributed by atoms with van der Waals surface area (Å²) in [5.74, 6) is -0.317. The summed E-state index contributed by atoms with van der Waals surface area (Å²) in [4.78, 5) is 25.1. The molecule has 2 rings (SSSR count). The first-order chi connectivity index (χ1) is 8.09. The predicted molar refractivity (Wildman–Crippen MR) is 63.4 cm³/mol. The number of amides is 1. The van der Waals surface area contributed by atoms with Crippen LogP contribution in [0.4, 0.5) is 0 Å². The van der Waals surface area contributed by atoms with Crippen LogP contribution in [0.2, 0.25) is 0 Å². The number of hydrogen-bond acceptors (Lipinski definition) is 2. The molecule has 1 heterocycles. The third-order valence-electron chi connectivity index (χ3n) is 4.26. The Kier molecular flexibility index (Phi) is 3.69. The fourth-order valence-corrected chi connectivity index (χ4v) is 3.13. The van der Waals surface area contributed by atoms with E-state index < -0.39 is 5.97 Å². The summed E-state index contributed by atoms with van der Waals surface area (Å²) in [7, 11) is 0. The number of carboxylic acid groups (broad SMARTS) is 1. The average Bonchev–Trinajstić information content (AvgIpc) is 2.74. The Morgan fingerprint density at radius 1 is 1.18 bits per heavy atom. The Hall–Kier alpha value is -1.06. The van der Waals surface area contributed by atoms with Crippen LogP contribution in [0, 0.1) is 17.8 Å². The van der Waals surface area contributed by atoms with Gasteiger partial charge in [0.1, 0.15) is 0 Å². The van der Waals surface area contributed by atoms with Gasteiger partial charge in [-0.3, -0.25) is 9.59 Å². The third kappa shape index (κ3) is 2.61. The molecule has 0 aromatic heterocycles. The minimum absolute atomic E-state index is 0.141. The number of nitrogens with zero attached hydrogens (tertiary/aromatic N) is 1. The van der Waals surface area contributed by atoms with E-state index in [0.29, 0.717) is 18.9 Å². The molecule has 1 aliphatic heterocycles. The molecule has 0 spiro atoms. The van der Waals surface area contributed by atoms with Gasteiger partial charge in [-0.25, -0.2) is 0 Å². The molecule has 0 radical (unpaired) electrons. The molecule has 3 atom stereocenters. The number of hydrogen-bond donors (Lipinski definition) is 1. The van der Waals surface area contributed by atoms with Gasteiger partial charge in [-0.1, -0.05) is 13.3 Å². The van der Waals surface area contributed by atoms with Crippen molar-refractivity contribution >= 4 is 11.9 Å². The first kappa shape index (κ1) is 12.4. The van der Waals surface area contributed by atoms with Gasteiger partial charge in [-0.05, 0) is 31.6 Å². The van der Waals surface area contributed by atoms with Gasteiger partial charge in [0, 0.05) is 19.0 Å². The van der Waals surface area contributed by atoms with Gasteiger partial charge in [0.2, 0.25) is 5.91 Å². The monoisotopic (exact) mass is 239 g/mol. The lowest BCUT2D eigenvalue weighted by atomic mass is 9.93. The largest absolute Gasteiger partial charge is 0.481 e. The van der Waals surface area contributed by atoms with Crippen molar-refractivity contribution < 1.29 is 14.7 Å². The van der Waals surface area contributed by atoms with E-state index in [9.17, 15) is 9.59 Å². The molecule has 17 heavy (non-hydrogen) atoms. The molecule has 1 saturated carbocycles. The molecule has 4 heteroatoms. The molecule has 1 amide bonds. The zero-order valence-electron chi connectivity index (χ0n) is 10.4. The zero-order chi connectivity index (χ0) is 12.4. The molecule has 1 aliphatic carbocycles. The maximum Gasteiger partial charge on any atom is 0.308 e. The molecule has 2 unspecified atom stereocenters. The van der Waals surface area contributed by atoms with Crippen molar-refractivity contribution in [3.05, 3.63) is 0 Å². The Morgan fingerprint density at radius 2 is 1.94 bits per heavy atom. The molecule has 0 aromatic rings. The van der Waals surface area contributed by atoms with E-state index >= 15 is 0 Å². The Bertz CT molecular complexity index is 316. The van der Waals surface area contributed by atoms with E-state index in [1.165, 1.54) is 0 Å². The minimum atomic E-state index is -0.762. The minimum Gasteiger partial charge on any atom is -0.481 e. The van der Waals surface area contributed by atoms with Crippen LogP contribution in [0.25, 0.3) is 0 Å². The standard InChI is InChI=1S/C13H21NO3/c1-9-4-2-6-11(9)12(15)14-7-3-5-10(8-14)13(16)17/h9-11H,2-8H2,1H3,(H,16,17)/t9?,10-,11?/m0/s1. The number of carbonyl (C=O) groups is 2. The van der Waals surface area contributed by atoms with Crippen LogP contribution < -0.4 is 0 Å². The number of likely N-dealkylation sites (tertiary alicyclic amines) is 1. The zero-order valence-corrected chi connectivity index (χ0v) is 10.4. The van der Waals surface area contributed by atoms with Gasteiger partial charge in [0.25, 0.3) is 0 Å². The second kappa shape index (κ2) is 5.07. The maximum atomic E-state index is 12.3. The summed E-state index contributed by atoms with van der Waals surface area (Å²) in [6.45, 7) is 3.29. The summed E-state index contributed by atoms with van der Waals surface area (Å²) >= 11 is 0. The number of carboxylic acids is 1. The van der Waals surface area contributed by atoms with Crippen molar-refractivity contribution in [3.63, 3.8) is 0 Å². The summed E-state index contributed by atoms with van der Waals surface area (Å²) in [5, 5.41) is 9.02. The van der Waals surface area contributed by atoms with Crippen LogP contribution in [-0.4, -0.2) is 35.0 Å². The molecule has 2 aliphatic rings. The number of carbonyl (C=O) groups excluding carboxylic acids is 1. The first-order valence-electron chi connectivity index (χ1n) is 6.61. The van der Waals surface area contributed by atoms with Crippen molar-refractivity contribution in [2.24, 2.45) is 17.8 Å². The Labute approximate surface area is 102 Å². The van der Waals surface area contributed by atoms with Gasteiger partial charge in [-0.2, -0.15) is 0 Å². The van der Waals surface area contributed by atoms with Gasteiger partial charge in [0.05, 0.1) is 5.92 Å². The van der Waals surface area contributed by atoms with E-state index in [0.717, 1.165) is 32.2 Å². The van der Waals surface area contributed by atoms with Crippen LogP contribution in [0.1, 0.15) is 39.0 Å². The Morgan fingerprint density at radius 3 is 2.53 bits per heavy atom. The second-order valence-electron chi connectivity index (χ2n) is 5.48. The van der Waals surface area contributed by atoms with Crippen LogP contribution in [0.3, 0.4) is 0 Å². The van der Waals surface area contributed by atoms with Crippen molar-refractivity contribution in [3.8, 4) is 0 Å². The molecule has 1 N–H and O–H groups in total. The molecule has 96 valence electrons. The van der Waals surface area contributed by atoms with E-state index in [4.69, 9.17) is 5.11 Å². The third-order valence-corrected chi connectivity index (χ3v) is 4.26. The van der Waals surface area contributed by atoms with Crippen LogP contribution in [0.5, 0.6) is 0 Å². The topological polar surface area (TPSA) is 57.6 Å². The highest BCUT2D eigenvalue weighted by Crippen LogP contribution is 2.33. The van der Waals surface area contributed by atoms with Gasteiger partial charge in [-0.15, -0.1) is 0 Å². The van der Waals surface area contributed by atoms with Crippen molar-refractivity contribution in [1.82, 2.24) is 4.90 Å². The normalized spacial score (nSPS) is 33.7. The molecule has 4 nitrogen and oxygen atoms in total. The first-order valence-corrected chi connectivity index (χ1v) is 6.61. The predicted octanol–water partition coefficient (Wildman–Crippen LogP) is 1.75. The van der Waals surface area contributed by atoms with E-state index in [-0.39, 0.29) is 17.7 Å². The van der Waals surface area contributed by atoms with Crippen LogP contribution in [-0.2, 0) is 9.59 Å². The molecular formula is C13H21NO3. The summed E-state index contributed by atoms with van der Waals surface area (Å²) < 4.78 is 0. The van der Waals surface area contributed by atoms with E-state index in [1.807, 2.05) is 0 Å². The highest BCUT2D eigenvalue weighted by molar-refractivity contribution is 5.80. The quantitative estimate of drug-likeness (QED) is 0.798. The molecule has 1 saturated heterocycles. The van der Waals surface area contributed by atoms with Gasteiger partial charge >= 0.3 is 5.97 Å². The van der Waals surface area contributed by atoms with Crippen LogP contribution >= 0.6 is 0 Å². The number of piperidine rings is 1. The van der Waals surface area contributed by atoms with Gasteiger partial charge < -0.3 is 10.0 Å². The lowest BCUT2D eigenvalue weighted by Gasteiger charge is -2.33. The number of aliphatic carboxylic acids is 1. The summed E-state index contributed by atoms with van der Waals surface area (Å²) in [6, 6.07) is 0. The smallest absolute Gasteiger partial charge is 0.308 e. The fraction of sp³-hybridized carbons (Fsp3) is 0.846. The average molecular weight is 239 g/mol. The molecule has 0 bridgehead atoms. The summed E-state index contributed by atoms with van der Waals surface area (Å²) in [5.41, 5.74) is 0. The second-order valence-corrected chi connectivity index (χ2v) is 5.48. The van der Waals surface area contributed by atoms with Crippen molar-refractivity contribution in [1.29, 1.82) is 0 Å². The molecule has 0 aromatic carbocycles. The SMILES string of the molecule is CC1CCCC1C(=O)N1CCC[C@H](C(=O)O)C1. The molecular weight excluding hydrogens is 218 g/mol. The summed E-state index contributed by atoms with van der Waals surface area (Å²) in [6.07, 6.45) is 4.78. The maximum absolute atomic E-state index is 12.3. The lowest BCUT2D eigenvalue weighted by molar-refractivity contribution is -0.147. The highest BCUT2D eigenvalue weighted by atomic mass is 16.4. The highest BCUT2D eigenvalue weighted by Gasteiger charge is 2.35. The Balaban J connectivity index is 1.97. The van der Waals surface area contributed by atoms with Crippen molar-refractivity contribution in [2.45, 2.75) is 39.0 Å². The number of rotatable bonds is 2. The molecule has 2 fully saturated rings. The van der Waals surface area contributed by atoms with Gasteiger partial charge in [0.15, 0.2) is 0 Å². The fourth-order valence-electron chi connectivity index (χ4n) is 3.13. The lowest BCUT2D eigenvalue weighted by Crippen LogP contribution is -2.45. The van der Waals surface area contributed by atoms with E-state index in [2.05, 4.69) is 6.92 Å². The van der Waals surface area contributed by atoms with E-state index in [1.54, 1.807) is 4.90 Å².